The summed E-state index contributed by atoms with van der Waals surface area (Å²) in [5, 5.41) is 9.65. The Hall–Kier alpha value is -2.29. The van der Waals surface area contributed by atoms with Crippen LogP contribution in [-0.2, 0) is 16.6 Å². The lowest BCUT2D eigenvalue weighted by Crippen LogP contribution is -2.31. The summed E-state index contributed by atoms with van der Waals surface area (Å²) in [6.07, 6.45) is -0.555. The van der Waals surface area contributed by atoms with Gasteiger partial charge in [-0.3, -0.25) is 0 Å². The number of carboxylic acid groups (broad SMARTS) is 1. The van der Waals surface area contributed by atoms with Crippen LogP contribution in [0.3, 0.4) is 0 Å². The molecule has 0 aliphatic carbocycles. The fourth-order valence-electron chi connectivity index (χ4n) is 2.88. The number of aryl methyl sites for hydroxylation is 2. The molecule has 0 heterocycles. The molecule has 2 aromatic carbocycles. The number of hydrogen-bond acceptors (Lipinski definition) is 2. The molecule has 0 saturated heterocycles. The van der Waals surface area contributed by atoms with Crippen LogP contribution in [0.15, 0.2) is 42.5 Å². The molecule has 0 bridgehead atoms. The van der Waals surface area contributed by atoms with E-state index in [1.807, 2.05) is 56.3 Å². The zero-order valence-corrected chi connectivity index (χ0v) is 15.1. The smallest absolute Gasteiger partial charge is 0.345 e. The monoisotopic (exact) mass is 326 g/mol. The number of aliphatic carboxylic acids is 1. The van der Waals surface area contributed by atoms with Crippen molar-refractivity contribution in [2.45, 2.75) is 52.6 Å². The fraction of sp³-hybridized carbons (Fsp3) is 0.381. The molecule has 128 valence electrons. The third-order valence-electron chi connectivity index (χ3n) is 4.27. The molecule has 0 aromatic heterocycles. The van der Waals surface area contributed by atoms with Gasteiger partial charge in [0.05, 0.1) is 0 Å². The second kappa shape index (κ2) is 7.08. The van der Waals surface area contributed by atoms with Gasteiger partial charge in [-0.05, 0) is 47.6 Å². The Bertz CT molecular complexity index is 706. The molecule has 2 rings (SSSR count). The molecule has 0 aliphatic heterocycles. The molecular weight excluding hydrogens is 300 g/mol. The standard InChI is InChI=1S/C21H26O3/c1-14-9-8-10-15(2)16(14)13-19(20(22)23)24-18-12-7-6-11-17(18)21(3,4)5/h6-12,19H,13H2,1-5H3,(H,22,23). The molecule has 1 N–H and O–H groups in total. The number of carboxylic acids is 1. The predicted octanol–water partition coefficient (Wildman–Crippen LogP) is 4.68. The van der Waals surface area contributed by atoms with E-state index in [9.17, 15) is 9.90 Å². The van der Waals surface area contributed by atoms with Crippen molar-refractivity contribution in [1.82, 2.24) is 0 Å². The van der Waals surface area contributed by atoms with E-state index in [2.05, 4.69) is 20.8 Å². The van der Waals surface area contributed by atoms with Crippen molar-refractivity contribution in [3.05, 3.63) is 64.7 Å². The molecule has 2 aromatic rings. The Morgan fingerprint density at radius 1 is 1.04 bits per heavy atom. The van der Waals surface area contributed by atoms with Gasteiger partial charge in [-0.2, -0.15) is 0 Å². The fourth-order valence-corrected chi connectivity index (χ4v) is 2.88. The van der Waals surface area contributed by atoms with Gasteiger partial charge in [-0.15, -0.1) is 0 Å². The third-order valence-corrected chi connectivity index (χ3v) is 4.27. The summed E-state index contributed by atoms with van der Waals surface area (Å²) >= 11 is 0. The maximum absolute atomic E-state index is 11.8. The van der Waals surface area contributed by atoms with E-state index in [0.717, 1.165) is 22.3 Å². The van der Waals surface area contributed by atoms with Crippen LogP contribution >= 0.6 is 0 Å². The van der Waals surface area contributed by atoms with Crippen molar-refractivity contribution in [3.8, 4) is 5.75 Å². The van der Waals surface area contributed by atoms with Gasteiger partial charge in [0.2, 0.25) is 0 Å². The number of ether oxygens (including phenoxy) is 1. The van der Waals surface area contributed by atoms with Crippen molar-refractivity contribution in [1.29, 1.82) is 0 Å². The Labute approximate surface area is 144 Å². The molecule has 3 heteroatoms. The van der Waals surface area contributed by atoms with Crippen molar-refractivity contribution in [2.24, 2.45) is 0 Å². The first-order valence-electron chi connectivity index (χ1n) is 8.24. The summed E-state index contributed by atoms with van der Waals surface area (Å²) < 4.78 is 5.95. The maximum Gasteiger partial charge on any atom is 0.345 e. The van der Waals surface area contributed by atoms with Crippen LogP contribution in [0.1, 0.15) is 43.0 Å². The average molecular weight is 326 g/mol. The zero-order valence-electron chi connectivity index (χ0n) is 15.1. The molecular formula is C21H26O3. The molecule has 1 unspecified atom stereocenters. The molecule has 1 atom stereocenters. The van der Waals surface area contributed by atoms with Crippen LogP contribution in [0, 0.1) is 13.8 Å². The summed E-state index contributed by atoms with van der Waals surface area (Å²) in [6, 6.07) is 13.7. The van der Waals surface area contributed by atoms with Gasteiger partial charge < -0.3 is 9.84 Å². The minimum Gasteiger partial charge on any atom is -0.478 e. The van der Waals surface area contributed by atoms with E-state index in [1.54, 1.807) is 0 Å². The lowest BCUT2D eigenvalue weighted by Gasteiger charge is -2.25. The minimum atomic E-state index is -0.943. The van der Waals surface area contributed by atoms with Crippen molar-refractivity contribution in [2.75, 3.05) is 0 Å². The molecule has 0 saturated carbocycles. The lowest BCUT2D eigenvalue weighted by molar-refractivity contribution is -0.145. The van der Waals surface area contributed by atoms with E-state index in [0.29, 0.717) is 12.2 Å². The van der Waals surface area contributed by atoms with Crippen LogP contribution in [0.2, 0.25) is 0 Å². The Morgan fingerprint density at radius 3 is 2.17 bits per heavy atom. The van der Waals surface area contributed by atoms with E-state index >= 15 is 0 Å². The van der Waals surface area contributed by atoms with Crippen molar-refractivity contribution < 1.29 is 14.6 Å². The summed E-state index contributed by atoms with van der Waals surface area (Å²) in [5.74, 6) is -0.301. The quantitative estimate of drug-likeness (QED) is 0.868. The van der Waals surface area contributed by atoms with E-state index in [-0.39, 0.29) is 5.41 Å². The highest BCUT2D eigenvalue weighted by molar-refractivity contribution is 5.73. The van der Waals surface area contributed by atoms with Gasteiger partial charge in [0.1, 0.15) is 5.75 Å². The summed E-state index contributed by atoms with van der Waals surface area (Å²) in [5.41, 5.74) is 4.12. The molecule has 0 spiro atoms. The van der Waals surface area contributed by atoms with Gasteiger partial charge in [0.15, 0.2) is 6.10 Å². The van der Waals surface area contributed by atoms with Gasteiger partial charge >= 0.3 is 5.97 Å². The minimum absolute atomic E-state index is 0.113. The number of hydrogen-bond donors (Lipinski definition) is 1. The van der Waals surface area contributed by atoms with Crippen molar-refractivity contribution in [3.63, 3.8) is 0 Å². The van der Waals surface area contributed by atoms with Crippen LogP contribution in [0.4, 0.5) is 0 Å². The molecule has 3 nitrogen and oxygen atoms in total. The van der Waals surface area contributed by atoms with Gasteiger partial charge in [-0.25, -0.2) is 4.79 Å². The summed E-state index contributed by atoms with van der Waals surface area (Å²) in [6.45, 7) is 10.3. The Kier molecular flexibility index (Phi) is 5.33. The van der Waals surface area contributed by atoms with E-state index in [4.69, 9.17) is 4.74 Å². The topological polar surface area (TPSA) is 46.5 Å². The van der Waals surface area contributed by atoms with Crippen LogP contribution < -0.4 is 4.74 Å². The number of benzene rings is 2. The van der Waals surface area contributed by atoms with Crippen LogP contribution in [0.25, 0.3) is 0 Å². The highest BCUT2D eigenvalue weighted by Crippen LogP contribution is 2.32. The normalized spacial score (nSPS) is 12.7. The highest BCUT2D eigenvalue weighted by Gasteiger charge is 2.25. The molecule has 0 radical (unpaired) electrons. The number of rotatable bonds is 5. The van der Waals surface area contributed by atoms with Gasteiger partial charge in [0.25, 0.3) is 0 Å². The maximum atomic E-state index is 11.8. The lowest BCUT2D eigenvalue weighted by atomic mass is 9.86. The summed E-state index contributed by atoms with van der Waals surface area (Å²) in [7, 11) is 0. The second-order valence-electron chi connectivity index (χ2n) is 7.27. The van der Waals surface area contributed by atoms with Gasteiger partial charge in [-0.1, -0.05) is 57.2 Å². The van der Waals surface area contributed by atoms with E-state index in [1.165, 1.54) is 0 Å². The van der Waals surface area contributed by atoms with E-state index < -0.39 is 12.1 Å². The van der Waals surface area contributed by atoms with Crippen LogP contribution in [-0.4, -0.2) is 17.2 Å². The molecule has 0 amide bonds. The zero-order chi connectivity index (χ0) is 17.9. The molecule has 0 fully saturated rings. The predicted molar refractivity (Wildman–Crippen MR) is 96.8 cm³/mol. The highest BCUT2D eigenvalue weighted by atomic mass is 16.5. The van der Waals surface area contributed by atoms with Gasteiger partial charge in [0, 0.05) is 6.42 Å². The number of carbonyl (C=O) groups is 1. The summed E-state index contributed by atoms with van der Waals surface area (Å²) in [4.78, 5) is 11.8. The molecule has 24 heavy (non-hydrogen) atoms. The van der Waals surface area contributed by atoms with Crippen molar-refractivity contribution >= 4 is 5.97 Å². The SMILES string of the molecule is Cc1cccc(C)c1CC(Oc1ccccc1C(C)(C)C)C(=O)O. The largest absolute Gasteiger partial charge is 0.478 e. The first-order chi connectivity index (χ1) is 11.2. The first kappa shape index (κ1) is 18.1. The first-order valence-corrected chi connectivity index (χ1v) is 8.24. The van der Waals surface area contributed by atoms with Crippen LogP contribution in [0.5, 0.6) is 5.75 Å². The second-order valence-corrected chi connectivity index (χ2v) is 7.27. The molecule has 0 aliphatic rings. The average Bonchev–Trinajstić information content (AvgIpc) is 2.49. The Balaban J connectivity index is 2.33. The Morgan fingerprint density at radius 2 is 1.62 bits per heavy atom. The third kappa shape index (κ3) is 4.16. The number of para-hydroxylation sites is 1.